The topological polar surface area (TPSA) is 0 Å². The van der Waals surface area contributed by atoms with Crippen molar-refractivity contribution in [3.8, 4) is 0 Å². The lowest BCUT2D eigenvalue weighted by atomic mass is 9.68. The predicted octanol–water partition coefficient (Wildman–Crippen LogP) is 9.07. The van der Waals surface area contributed by atoms with Crippen molar-refractivity contribution in [2.75, 3.05) is 0 Å². The molecule has 0 radical (unpaired) electrons. The largest absolute Gasteiger partial charge is 0.207 e. The minimum Gasteiger partial charge on any atom is -0.207 e. The quantitative estimate of drug-likeness (QED) is 0.392. The average Bonchev–Trinajstić information content (AvgIpc) is 2.75. The van der Waals surface area contributed by atoms with Crippen molar-refractivity contribution in [1.29, 1.82) is 0 Å². The van der Waals surface area contributed by atoms with Crippen LogP contribution < -0.4 is 0 Å². The molecule has 1 aromatic carbocycles. The van der Waals surface area contributed by atoms with E-state index in [-0.39, 0.29) is 5.83 Å². The Kier molecular flexibility index (Phi) is 8.62. The van der Waals surface area contributed by atoms with Crippen LogP contribution in [-0.4, -0.2) is 0 Å². The summed E-state index contributed by atoms with van der Waals surface area (Å²) in [4.78, 5) is 0. The van der Waals surface area contributed by atoms with Gasteiger partial charge in [-0.1, -0.05) is 70.2 Å². The van der Waals surface area contributed by atoms with Crippen LogP contribution in [0.2, 0.25) is 0 Å². The molecule has 2 fully saturated rings. The minimum absolute atomic E-state index is 0.0533. The molecule has 2 saturated carbocycles. The second-order valence-electron chi connectivity index (χ2n) is 9.50. The van der Waals surface area contributed by atoms with E-state index >= 15 is 0 Å². The first kappa shape index (κ1) is 21.6. The van der Waals surface area contributed by atoms with Crippen LogP contribution in [0.15, 0.2) is 30.3 Å². The van der Waals surface area contributed by atoms with Gasteiger partial charge < -0.3 is 0 Å². The van der Waals surface area contributed by atoms with Crippen molar-refractivity contribution in [3.63, 3.8) is 0 Å². The van der Waals surface area contributed by atoms with E-state index in [0.717, 1.165) is 42.6 Å². The highest BCUT2D eigenvalue weighted by Gasteiger charge is 2.31. The molecule has 28 heavy (non-hydrogen) atoms. The highest BCUT2D eigenvalue weighted by Crippen LogP contribution is 2.44. The van der Waals surface area contributed by atoms with Gasteiger partial charge in [0.15, 0.2) is 0 Å². The Hall–Kier alpha value is -1.11. The van der Waals surface area contributed by atoms with Crippen molar-refractivity contribution >= 4 is 5.83 Å². The molecule has 0 heterocycles. The van der Waals surface area contributed by atoms with Crippen LogP contribution in [0.3, 0.4) is 0 Å². The Morgan fingerprint density at radius 2 is 1.46 bits per heavy atom. The van der Waals surface area contributed by atoms with E-state index in [1.165, 1.54) is 69.8 Å². The predicted molar refractivity (Wildman–Crippen MR) is 120 cm³/mol. The maximum Gasteiger partial charge on any atom is 0.126 e. The summed E-state index contributed by atoms with van der Waals surface area (Å²) in [6, 6.07) is 8.36. The zero-order valence-corrected chi connectivity index (χ0v) is 18.3. The van der Waals surface area contributed by atoms with Crippen molar-refractivity contribution in [2.24, 2.45) is 17.8 Å². The summed E-state index contributed by atoms with van der Waals surface area (Å²) in [5, 5.41) is 0. The van der Waals surface area contributed by atoms with E-state index in [1.54, 1.807) is 6.08 Å². The first-order valence-corrected chi connectivity index (χ1v) is 12.2. The lowest BCUT2D eigenvalue weighted by molar-refractivity contribution is 0.156. The molecule has 0 N–H and O–H groups in total. The maximum atomic E-state index is 14.2. The summed E-state index contributed by atoms with van der Waals surface area (Å²) >= 11 is 0. The molecule has 0 atom stereocenters. The summed E-state index contributed by atoms with van der Waals surface area (Å²) in [7, 11) is 0. The molecule has 0 amide bonds. The Labute approximate surface area is 173 Å². The molecule has 0 saturated heterocycles. The van der Waals surface area contributed by atoms with Gasteiger partial charge in [0, 0.05) is 5.56 Å². The SMILES string of the molecule is CCCC/C=C(/F)c1ccc(C2CCC(C3CCC(CCC)CC3)CC2)cc1. The highest BCUT2D eigenvalue weighted by molar-refractivity contribution is 5.59. The first-order valence-electron chi connectivity index (χ1n) is 12.2. The summed E-state index contributed by atoms with van der Waals surface area (Å²) < 4.78 is 14.2. The average molecular weight is 385 g/mol. The lowest BCUT2D eigenvalue weighted by Gasteiger charge is -2.38. The summed E-state index contributed by atoms with van der Waals surface area (Å²) in [6.07, 6.45) is 19.0. The Bertz CT molecular complexity index is 583. The van der Waals surface area contributed by atoms with E-state index in [1.807, 2.05) is 12.1 Å². The number of allylic oxidation sites excluding steroid dienone is 1. The van der Waals surface area contributed by atoms with Crippen LogP contribution >= 0.6 is 0 Å². The van der Waals surface area contributed by atoms with Gasteiger partial charge in [-0.05, 0) is 86.7 Å². The molecule has 0 unspecified atom stereocenters. The molecular formula is C27H41F. The smallest absolute Gasteiger partial charge is 0.126 e. The second-order valence-corrected chi connectivity index (χ2v) is 9.50. The molecule has 2 aliphatic carbocycles. The molecule has 0 aromatic heterocycles. The minimum atomic E-state index is -0.0533. The molecule has 0 spiro atoms. The standard InChI is InChI=1S/C27H41F/c1-3-5-6-8-27(28)26-19-17-25(18-20-26)24-15-13-23(14-16-24)22-11-9-21(7-4-2)10-12-22/h8,17-24H,3-7,9-16H2,1-2H3/b27-8+. The van der Waals surface area contributed by atoms with Gasteiger partial charge in [-0.2, -0.15) is 0 Å². The third-order valence-corrected chi connectivity index (χ3v) is 7.57. The molecule has 3 rings (SSSR count). The van der Waals surface area contributed by atoms with E-state index < -0.39 is 0 Å². The lowest BCUT2D eigenvalue weighted by Crippen LogP contribution is -2.25. The van der Waals surface area contributed by atoms with Crippen LogP contribution in [0.5, 0.6) is 0 Å². The van der Waals surface area contributed by atoms with E-state index in [2.05, 4.69) is 26.0 Å². The van der Waals surface area contributed by atoms with Crippen molar-refractivity contribution in [2.45, 2.75) is 103 Å². The van der Waals surface area contributed by atoms with Gasteiger partial charge in [0.2, 0.25) is 0 Å². The second kappa shape index (κ2) is 11.2. The number of benzene rings is 1. The zero-order valence-electron chi connectivity index (χ0n) is 18.3. The Morgan fingerprint density at radius 1 is 0.857 bits per heavy atom. The van der Waals surface area contributed by atoms with E-state index in [4.69, 9.17) is 0 Å². The molecule has 2 aliphatic rings. The third-order valence-electron chi connectivity index (χ3n) is 7.57. The zero-order chi connectivity index (χ0) is 19.8. The summed E-state index contributed by atoms with van der Waals surface area (Å²) in [5.74, 6) is 3.62. The fourth-order valence-corrected chi connectivity index (χ4v) is 5.75. The van der Waals surface area contributed by atoms with Gasteiger partial charge in [0.25, 0.3) is 0 Å². The van der Waals surface area contributed by atoms with Gasteiger partial charge in [-0.3, -0.25) is 0 Å². The van der Waals surface area contributed by atoms with E-state index in [9.17, 15) is 4.39 Å². The summed E-state index contributed by atoms with van der Waals surface area (Å²) in [5.41, 5.74) is 2.17. The maximum absolute atomic E-state index is 14.2. The van der Waals surface area contributed by atoms with Gasteiger partial charge in [0.05, 0.1) is 0 Å². The van der Waals surface area contributed by atoms with Crippen LogP contribution in [0.1, 0.15) is 114 Å². The fraction of sp³-hybridized carbons (Fsp3) is 0.704. The summed E-state index contributed by atoms with van der Waals surface area (Å²) in [6.45, 7) is 4.48. The Balaban J connectivity index is 1.46. The van der Waals surface area contributed by atoms with Gasteiger partial charge in [-0.25, -0.2) is 4.39 Å². The molecule has 0 nitrogen and oxygen atoms in total. The van der Waals surface area contributed by atoms with Crippen LogP contribution in [0.4, 0.5) is 4.39 Å². The number of unbranched alkanes of at least 4 members (excludes halogenated alkanes) is 2. The molecule has 0 aliphatic heterocycles. The van der Waals surface area contributed by atoms with E-state index in [0.29, 0.717) is 5.92 Å². The van der Waals surface area contributed by atoms with Crippen molar-refractivity contribution in [3.05, 3.63) is 41.5 Å². The van der Waals surface area contributed by atoms with Crippen LogP contribution in [-0.2, 0) is 0 Å². The molecular weight excluding hydrogens is 343 g/mol. The highest BCUT2D eigenvalue weighted by atomic mass is 19.1. The molecule has 0 bridgehead atoms. The Morgan fingerprint density at radius 3 is 2.04 bits per heavy atom. The van der Waals surface area contributed by atoms with Gasteiger partial charge in [0.1, 0.15) is 5.83 Å². The number of rotatable bonds is 8. The molecule has 1 aromatic rings. The number of hydrogen-bond acceptors (Lipinski definition) is 0. The van der Waals surface area contributed by atoms with Crippen molar-refractivity contribution < 1.29 is 4.39 Å². The first-order chi connectivity index (χ1) is 13.7. The van der Waals surface area contributed by atoms with Crippen LogP contribution in [0.25, 0.3) is 5.83 Å². The van der Waals surface area contributed by atoms with Crippen LogP contribution in [0, 0.1) is 17.8 Å². The fourth-order valence-electron chi connectivity index (χ4n) is 5.75. The van der Waals surface area contributed by atoms with Crippen molar-refractivity contribution in [1.82, 2.24) is 0 Å². The normalized spacial score (nSPS) is 29.0. The number of hydrogen-bond donors (Lipinski definition) is 0. The van der Waals surface area contributed by atoms with Gasteiger partial charge >= 0.3 is 0 Å². The monoisotopic (exact) mass is 384 g/mol. The number of halogens is 1. The van der Waals surface area contributed by atoms with Gasteiger partial charge in [-0.15, -0.1) is 0 Å². The molecule has 1 heteroatoms. The third kappa shape index (κ3) is 5.94. The molecule has 156 valence electrons.